The van der Waals surface area contributed by atoms with Gasteiger partial charge in [-0.15, -0.1) is 0 Å². The second-order valence-electron chi connectivity index (χ2n) is 6.06. The molecule has 4 heteroatoms. The van der Waals surface area contributed by atoms with E-state index in [2.05, 4.69) is 10.2 Å². The Labute approximate surface area is 136 Å². The zero-order valence-electron chi connectivity index (χ0n) is 13.1. The molecule has 3 rings (SSSR count). The standard InChI is InChI=1S/C19H22F2N2/c20-17-6-2-15(3-7-17)19(16-4-8-18(21)9-5-16)14-23-12-1-10-22-11-13-23/h2-9,19,22H,1,10-14H2. The van der Waals surface area contributed by atoms with E-state index in [0.29, 0.717) is 0 Å². The third-order valence-electron chi connectivity index (χ3n) is 4.42. The van der Waals surface area contributed by atoms with E-state index in [1.807, 2.05) is 24.3 Å². The van der Waals surface area contributed by atoms with Crippen LogP contribution in [0.1, 0.15) is 23.5 Å². The van der Waals surface area contributed by atoms with Gasteiger partial charge in [0.2, 0.25) is 0 Å². The van der Waals surface area contributed by atoms with Crippen LogP contribution in [0.2, 0.25) is 0 Å². The highest BCUT2D eigenvalue weighted by Crippen LogP contribution is 2.26. The van der Waals surface area contributed by atoms with Gasteiger partial charge in [-0.05, 0) is 54.9 Å². The Hall–Kier alpha value is -1.78. The molecule has 2 aromatic carbocycles. The molecule has 1 heterocycles. The topological polar surface area (TPSA) is 15.3 Å². The lowest BCUT2D eigenvalue weighted by Crippen LogP contribution is -2.32. The molecule has 0 unspecified atom stereocenters. The van der Waals surface area contributed by atoms with Crippen LogP contribution in [-0.2, 0) is 0 Å². The van der Waals surface area contributed by atoms with Gasteiger partial charge in [0.1, 0.15) is 11.6 Å². The van der Waals surface area contributed by atoms with Gasteiger partial charge in [0.15, 0.2) is 0 Å². The Morgan fingerprint density at radius 2 is 1.39 bits per heavy atom. The number of hydrogen-bond acceptors (Lipinski definition) is 2. The van der Waals surface area contributed by atoms with Crippen molar-refractivity contribution in [3.05, 3.63) is 71.3 Å². The van der Waals surface area contributed by atoms with E-state index >= 15 is 0 Å². The molecular weight excluding hydrogens is 294 g/mol. The van der Waals surface area contributed by atoms with Crippen molar-refractivity contribution in [1.82, 2.24) is 10.2 Å². The fraction of sp³-hybridized carbons (Fsp3) is 0.368. The molecule has 0 bridgehead atoms. The van der Waals surface area contributed by atoms with E-state index in [1.54, 1.807) is 0 Å². The summed E-state index contributed by atoms with van der Waals surface area (Å²) in [5, 5.41) is 3.40. The smallest absolute Gasteiger partial charge is 0.123 e. The second kappa shape index (κ2) is 7.66. The van der Waals surface area contributed by atoms with Gasteiger partial charge in [-0.1, -0.05) is 24.3 Å². The van der Waals surface area contributed by atoms with Gasteiger partial charge in [0, 0.05) is 25.6 Å². The highest BCUT2D eigenvalue weighted by molar-refractivity contribution is 5.33. The lowest BCUT2D eigenvalue weighted by Gasteiger charge is -2.27. The molecule has 0 aliphatic carbocycles. The molecule has 2 aromatic rings. The number of halogens is 2. The molecule has 0 spiro atoms. The first-order valence-corrected chi connectivity index (χ1v) is 8.16. The fourth-order valence-corrected chi connectivity index (χ4v) is 3.14. The summed E-state index contributed by atoms with van der Waals surface area (Å²) in [6, 6.07) is 13.3. The summed E-state index contributed by atoms with van der Waals surface area (Å²) >= 11 is 0. The van der Waals surface area contributed by atoms with Gasteiger partial charge in [-0.3, -0.25) is 0 Å². The van der Waals surface area contributed by atoms with Crippen LogP contribution in [0.5, 0.6) is 0 Å². The van der Waals surface area contributed by atoms with Crippen molar-refractivity contribution in [3.8, 4) is 0 Å². The van der Waals surface area contributed by atoms with Crippen LogP contribution in [0.15, 0.2) is 48.5 Å². The lowest BCUT2D eigenvalue weighted by molar-refractivity contribution is 0.283. The molecule has 0 atom stereocenters. The molecular formula is C19H22F2N2. The molecule has 1 aliphatic heterocycles. The predicted molar refractivity (Wildman–Crippen MR) is 88.6 cm³/mol. The van der Waals surface area contributed by atoms with Crippen molar-refractivity contribution in [2.75, 3.05) is 32.7 Å². The maximum atomic E-state index is 13.2. The van der Waals surface area contributed by atoms with Crippen LogP contribution in [0.3, 0.4) is 0 Å². The summed E-state index contributed by atoms with van der Waals surface area (Å²) in [6.45, 7) is 4.94. The highest BCUT2D eigenvalue weighted by atomic mass is 19.1. The summed E-state index contributed by atoms with van der Waals surface area (Å²) in [5.41, 5.74) is 2.13. The van der Waals surface area contributed by atoms with E-state index < -0.39 is 0 Å². The molecule has 0 radical (unpaired) electrons. The van der Waals surface area contributed by atoms with Crippen LogP contribution in [0.4, 0.5) is 8.78 Å². The van der Waals surface area contributed by atoms with Gasteiger partial charge < -0.3 is 10.2 Å². The van der Waals surface area contributed by atoms with E-state index in [-0.39, 0.29) is 17.6 Å². The summed E-state index contributed by atoms with van der Waals surface area (Å²) in [5.74, 6) is -0.342. The van der Waals surface area contributed by atoms with E-state index in [0.717, 1.165) is 50.3 Å². The largest absolute Gasteiger partial charge is 0.315 e. The lowest BCUT2D eigenvalue weighted by atomic mass is 9.90. The minimum atomic E-state index is -0.231. The van der Waals surface area contributed by atoms with Crippen LogP contribution < -0.4 is 5.32 Å². The molecule has 0 aromatic heterocycles. The minimum absolute atomic E-state index is 0.120. The average molecular weight is 316 g/mol. The highest BCUT2D eigenvalue weighted by Gasteiger charge is 2.19. The second-order valence-corrected chi connectivity index (χ2v) is 6.06. The monoisotopic (exact) mass is 316 g/mol. The van der Waals surface area contributed by atoms with Crippen molar-refractivity contribution < 1.29 is 8.78 Å². The summed E-state index contributed by atoms with van der Waals surface area (Å²) in [4.78, 5) is 2.43. The Morgan fingerprint density at radius 1 is 0.826 bits per heavy atom. The molecule has 122 valence electrons. The summed E-state index contributed by atoms with van der Waals surface area (Å²) in [6.07, 6.45) is 1.12. The summed E-state index contributed by atoms with van der Waals surface area (Å²) in [7, 11) is 0. The summed E-state index contributed by atoms with van der Waals surface area (Å²) < 4.78 is 26.5. The van der Waals surface area contributed by atoms with Gasteiger partial charge in [-0.25, -0.2) is 8.78 Å². The van der Waals surface area contributed by atoms with Crippen LogP contribution >= 0.6 is 0 Å². The maximum Gasteiger partial charge on any atom is 0.123 e. The van der Waals surface area contributed by atoms with E-state index in [9.17, 15) is 8.78 Å². The van der Waals surface area contributed by atoms with Gasteiger partial charge in [0.05, 0.1) is 0 Å². The van der Waals surface area contributed by atoms with Crippen molar-refractivity contribution in [3.63, 3.8) is 0 Å². The zero-order valence-corrected chi connectivity index (χ0v) is 13.1. The Morgan fingerprint density at radius 3 is 1.96 bits per heavy atom. The molecule has 1 aliphatic rings. The zero-order chi connectivity index (χ0) is 16.1. The maximum absolute atomic E-state index is 13.2. The molecule has 1 fully saturated rings. The van der Waals surface area contributed by atoms with Crippen LogP contribution in [0.25, 0.3) is 0 Å². The van der Waals surface area contributed by atoms with Gasteiger partial charge in [-0.2, -0.15) is 0 Å². The molecule has 1 N–H and O–H groups in total. The van der Waals surface area contributed by atoms with Crippen molar-refractivity contribution >= 4 is 0 Å². The first-order chi connectivity index (χ1) is 11.2. The minimum Gasteiger partial charge on any atom is -0.315 e. The molecule has 0 saturated carbocycles. The van der Waals surface area contributed by atoms with Crippen LogP contribution in [-0.4, -0.2) is 37.6 Å². The Balaban J connectivity index is 1.85. The number of rotatable bonds is 4. The first-order valence-electron chi connectivity index (χ1n) is 8.16. The molecule has 2 nitrogen and oxygen atoms in total. The predicted octanol–water partition coefficient (Wildman–Crippen LogP) is 3.39. The van der Waals surface area contributed by atoms with Crippen molar-refractivity contribution in [2.45, 2.75) is 12.3 Å². The van der Waals surface area contributed by atoms with Gasteiger partial charge in [0.25, 0.3) is 0 Å². The Kier molecular flexibility index (Phi) is 5.36. The van der Waals surface area contributed by atoms with Gasteiger partial charge >= 0.3 is 0 Å². The Bertz CT molecular complexity index is 557. The van der Waals surface area contributed by atoms with E-state index in [1.165, 1.54) is 24.3 Å². The fourth-order valence-electron chi connectivity index (χ4n) is 3.14. The average Bonchev–Trinajstić information content (AvgIpc) is 2.83. The first kappa shape index (κ1) is 16.1. The van der Waals surface area contributed by atoms with Crippen molar-refractivity contribution in [1.29, 1.82) is 0 Å². The number of hydrogen-bond donors (Lipinski definition) is 1. The normalized spacial score (nSPS) is 16.5. The SMILES string of the molecule is Fc1ccc(C(CN2CCCNCC2)c2ccc(F)cc2)cc1. The molecule has 0 amide bonds. The van der Waals surface area contributed by atoms with Crippen molar-refractivity contribution in [2.24, 2.45) is 0 Å². The quantitative estimate of drug-likeness (QED) is 0.930. The molecule has 1 saturated heterocycles. The number of nitrogens with zero attached hydrogens (tertiary/aromatic N) is 1. The number of nitrogens with one attached hydrogen (secondary N) is 1. The van der Waals surface area contributed by atoms with Crippen LogP contribution in [0, 0.1) is 11.6 Å². The number of benzene rings is 2. The molecule has 23 heavy (non-hydrogen) atoms. The third kappa shape index (κ3) is 4.36. The third-order valence-corrected chi connectivity index (χ3v) is 4.42. The van der Waals surface area contributed by atoms with E-state index in [4.69, 9.17) is 0 Å².